The summed E-state index contributed by atoms with van der Waals surface area (Å²) < 4.78 is 24.2. The summed E-state index contributed by atoms with van der Waals surface area (Å²) in [5, 5.41) is 5.09. The minimum absolute atomic E-state index is 0.275. The fourth-order valence-electron chi connectivity index (χ4n) is 2.14. The average molecular weight is 439 g/mol. The van der Waals surface area contributed by atoms with E-state index in [1.54, 1.807) is 12.1 Å². The number of carbonyl (C=O) groups excluding carboxylic acids is 3. The Balaban J connectivity index is 2.02. The fourth-order valence-corrected chi connectivity index (χ4v) is 2.47. The zero-order valence-corrected chi connectivity index (χ0v) is 16.1. The molecule has 2 rings (SSSR count). The highest BCUT2D eigenvalue weighted by atomic mass is 79.9. The lowest BCUT2D eigenvalue weighted by atomic mass is 10.2. The van der Waals surface area contributed by atoms with E-state index in [0.717, 1.165) is 6.07 Å². The van der Waals surface area contributed by atoms with Crippen LogP contribution in [-0.2, 0) is 14.3 Å². The molecule has 0 radical (unpaired) electrons. The number of benzene rings is 2. The highest BCUT2D eigenvalue weighted by Gasteiger charge is 2.16. The Morgan fingerprint density at radius 3 is 2.48 bits per heavy atom. The van der Waals surface area contributed by atoms with Gasteiger partial charge in [0.2, 0.25) is 5.91 Å². The van der Waals surface area contributed by atoms with Gasteiger partial charge in [0.1, 0.15) is 11.6 Å². The zero-order valence-electron chi connectivity index (χ0n) is 14.5. The van der Waals surface area contributed by atoms with Crippen molar-refractivity contribution in [3.63, 3.8) is 0 Å². The number of nitrogens with one attached hydrogen (secondary N) is 2. The van der Waals surface area contributed by atoms with Crippen LogP contribution in [0.3, 0.4) is 0 Å². The SMILES string of the molecule is COc1ccc(NC(C)=O)cc1NC(=O)COC(=O)c1ccc(Br)cc1F. The maximum atomic E-state index is 13.7. The molecular weight excluding hydrogens is 423 g/mol. The third-order valence-electron chi connectivity index (χ3n) is 3.28. The van der Waals surface area contributed by atoms with Crippen molar-refractivity contribution in [2.75, 3.05) is 24.4 Å². The third-order valence-corrected chi connectivity index (χ3v) is 3.77. The Kier molecular flexibility index (Phi) is 6.89. The minimum atomic E-state index is -0.964. The predicted octanol–water partition coefficient (Wildman–Crippen LogP) is 3.35. The number of methoxy groups -OCH3 is 1. The first-order valence-electron chi connectivity index (χ1n) is 7.68. The van der Waals surface area contributed by atoms with Crippen LogP contribution in [0, 0.1) is 5.82 Å². The molecule has 0 unspecified atom stereocenters. The molecule has 0 atom stereocenters. The molecule has 2 amide bonds. The van der Waals surface area contributed by atoms with E-state index in [-0.39, 0.29) is 17.2 Å². The molecule has 0 spiro atoms. The third kappa shape index (κ3) is 5.78. The van der Waals surface area contributed by atoms with Crippen LogP contribution in [0.4, 0.5) is 15.8 Å². The molecule has 2 N–H and O–H groups in total. The zero-order chi connectivity index (χ0) is 20.0. The van der Waals surface area contributed by atoms with Crippen LogP contribution in [0.1, 0.15) is 17.3 Å². The monoisotopic (exact) mass is 438 g/mol. The average Bonchev–Trinajstić information content (AvgIpc) is 2.59. The molecule has 0 saturated heterocycles. The van der Waals surface area contributed by atoms with Crippen molar-refractivity contribution in [1.29, 1.82) is 0 Å². The van der Waals surface area contributed by atoms with E-state index < -0.39 is 24.3 Å². The van der Waals surface area contributed by atoms with Crippen LogP contribution in [0.15, 0.2) is 40.9 Å². The maximum Gasteiger partial charge on any atom is 0.341 e. The normalized spacial score (nSPS) is 10.1. The molecule has 142 valence electrons. The van der Waals surface area contributed by atoms with Crippen molar-refractivity contribution in [3.05, 3.63) is 52.3 Å². The Bertz CT molecular complexity index is 888. The van der Waals surface area contributed by atoms with Gasteiger partial charge in [-0.25, -0.2) is 9.18 Å². The quantitative estimate of drug-likeness (QED) is 0.674. The highest BCUT2D eigenvalue weighted by molar-refractivity contribution is 9.10. The molecule has 0 saturated carbocycles. The number of rotatable bonds is 6. The van der Waals surface area contributed by atoms with Crippen molar-refractivity contribution in [1.82, 2.24) is 0 Å². The Hall–Kier alpha value is -2.94. The first-order chi connectivity index (χ1) is 12.8. The summed E-state index contributed by atoms with van der Waals surface area (Å²) in [6, 6.07) is 8.51. The molecule has 0 bridgehead atoms. The summed E-state index contributed by atoms with van der Waals surface area (Å²) in [7, 11) is 1.42. The van der Waals surface area contributed by atoms with Gasteiger partial charge >= 0.3 is 5.97 Å². The predicted molar refractivity (Wildman–Crippen MR) is 100 cm³/mol. The second-order valence-electron chi connectivity index (χ2n) is 5.34. The van der Waals surface area contributed by atoms with Gasteiger partial charge in [-0.3, -0.25) is 9.59 Å². The number of hydrogen-bond donors (Lipinski definition) is 2. The molecule has 0 aliphatic rings. The van der Waals surface area contributed by atoms with Gasteiger partial charge in [0, 0.05) is 17.1 Å². The van der Waals surface area contributed by atoms with E-state index in [1.807, 2.05) is 0 Å². The van der Waals surface area contributed by atoms with Gasteiger partial charge in [-0.15, -0.1) is 0 Å². The van der Waals surface area contributed by atoms with Crippen LogP contribution in [-0.4, -0.2) is 31.5 Å². The molecule has 0 heterocycles. The second-order valence-corrected chi connectivity index (χ2v) is 6.26. The number of carbonyl (C=O) groups is 3. The summed E-state index contributed by atoms with van der Waals surface area (Å²) in [4.78, 5) is 35.1. The molecule has 0 aliphatic carbocycles. The van der Waals surface area contributed by atoms with E-state index in [0.29, 0.717) is 15.9 Å². The summed E-state index contributed by atoms with van der Waals surface area (Å²) >= 11 is 3.08. The first kappa shape index (κ1) is 20.4. The number of halogens is 2. The topological polar surface area (TPSA) is 93.7 Å². The number of ether oxygens (including phenoxy) is 2. The van der Waals surface area contributed by atoms with E-state index in [4.69, 9.17) is 9.47 Å². The summed E-state index contributed by atoms with van der Waals surface area (Å²) in [6.45, 7) is 0.727. The Labute approximate surface area is 163 Å². The van der Waals surface area contributed by atoms with Crippen LogP contribution < -0.4 is 15.4 Å². The van der Waals surface area contributed by atoms with Gasteiger partial charge in [-0.05, 0) is 36.4 Å². The van der Waals surface area contributed by atoms with Gasteiger partial charge in [-0.1, -0.05) is 15.9 Å². The van der Waals surface area contributed by atoms with Gasteiger partial charge in [0.25, 0.3) is 5.91 Å². The highest BCUT2D eigenvalue weighted by Crippen LogP contribution is 2.27. The molecule has 0 fully saturated rings. The van der Waals surface area contributed by atoms with Gasteiger partial charge in [0.15, 0.2) is 6.61 Å². The van der Waals surface area contributed by atoms with Crippen LogP contribution in [0.25, 0.3) is 0 Å². The van der Waals surface area contributed by atoms with E-state index >= 15 is 0 Å². The van der Waals surface area contributed by atoms with Crippen molar-refractivity contribution in [3.8, 4) is 5.75 Å². The number of amides is 2. The number of esters is 1. The lowest BCUT2D eigenvalue weighted by Crippen LogP contribution is -2.21. The molecule has 27 heavy (non-hydrogen) atoms. The molecule has 7 nitrogen and oxygen atoms in total. The van der Waals surface area contributed by atoms with Crippen molar-refractivity contribution in [2.24, 2.45) is 0 Å². The molecular formula is C18H16BrFN2O5. The van der Waals surface area contributed by atoms with Gasteiger partial charge in [0.05, 0.1) is 18.4 Å². The number of anilines is 2. The minimum Gasteiger partial charge on any atom is -0.495 e. The van der Waals surface area contributed by atoms with Gasteiger partial charge in [-0.2, -0.15) is 0 Å². The lowest BCUT2D eigenvalue weighted by molar-refractivity contribution is -0.119. The fraction of sp³-hybridized carbons (Fsp3) is 0.167. The van der Waals surface area contributed by atoms with Crippen molar-refractivity contribution in [2.45, 2.75) is 6.92 Å². The summed E-state index contributed by atoms with van der Waals surface area (Å²) in [5.41, 5.74) is 0.448. The van der Waals surface area contributed by atoms with E-state index in [1.165, 1.54) is 32.2 Å². The Morgan fingerprint density at radius 1 is 1.11 bits per heavy atom. The molecule has 9 heteroatoms. The van der Waals surface area contributed by atoms with Gasteiger partial charge < -0.3 is 20.1 Å². The molecule has 2 aromatic carbocycles. The Morgan fingerprint density at radius 2 is 1.85 bits per heavy atom. The van der Waals surface area contributed by atoms with Crippen LogP contribution >= 0.6 is 15.9 Å². The van der Waals surface area contributed by atoms with Crippen LogP contribution in [0.5, 0.6) is 5.75 Å². The van der Waals surface area contributed by atoms with Crippen molar-refractivity contribution < 1.29 is 28.2 Å². The maximum absolute atomic E-state index is 13.7. The molecule has 0 aliphatic heterocycles. The smallest absolute Gasteiger partial charge is 0.341 e. The number of hydrogen-bond acceptors (Lipinski definition) is 5. The summed E-state index contributed by atoms with van der Waals surface area (Å²) in [6.07, 6.45) is 0. The van der Waals surface area contributed by atoms with E-state index in [2.05, 4.69) is 26.6 Å². The van der Waals surface area contributed by atoms with Crippen LogP contribution in [0.2, 0.25) is 0 Å². The molecule has 2 aromatic rings. The second kappa shape index (κ2) is 9.13. The molecule has 0 aromatic heterocycles. The largest absolute Gasteiger partial charge is 0.495 e. The lowest BCUT2D eigenvalue weighted by Gasteiger charge is -2.12. The summed E-state index contributed by atoms with van der Waals surface area (Å²) in [5.74, 6) is -2.31. The standard InChI is InChI=1S/C18H16BrFN2O5/c1-10(23)21-12-4-6-16(26-2)15(8-12)22-17(24)9-27-18(25)13-5-3-11(19)7-14(13)20/h3-8H,9H2,1-2H3,(H,21,23)(H,22,24). The first-order valence-corrected chi connectivity index (χ1v) is 8.47. The van der Waals surface area contributed by atoms with E-state index in [9.17, 15) is 18.8 Å². The van der Waals surface area contributed by atoms with Crippen molar-refractivity contribution >= 4 is 45.1 Å².